The molecule has 8 heteroatoms. The Labute approximate surface area is 235 Å². The maximum atomic E-state index is 13.0. The van der Waals surface area contributed by atoms with E-state index in [0.29, 0.717) is 31.2 Å². The molecule has 1 aromatic heterocycles. The van der Waals surface area contributed by atoms with E-state index in [1.54, 1.807) is 11.9 Å². The largest absolute Gasteiger partial charge is 0.457 e. The first kappa shape index (κ1) is 27.6. The highest BCUT2D eigenvalue weighted by atomic mass is 16.5. The van der Waals surface area contributed by atoms with E-state index in [4.69, 9.17) is 13.9 Å². The topological polar surface area (TPSA) is 71.3 Å². The quantitative estimate of drug-likeness (QED) is 0.248. The van der Waals surface area contributed by atoms with Crippen molar-refractivity contribution in [3.05, 3.63) is 114 Å². The minimum Gasteiger partial charge on any atom is -0.457 e. The molecule has 1 aliphatic heterocycles. The van der Waals surface area contributed by atoms with Crippen LogP contribution in [0, 0.1) is 0 Å². The van der Waals surface area contributed by atoms with E-state index >= 15 is 0 Å². The molecule has 3 aromatic carbocycles. The lowest BCUT2D eigenvalue weighted by Gasteiger charge is -2.29. The van der Waals surface area contributed by atoms with Crippen molar-refractivity contribution >= 4 is 5.91 Å². The monoisotopic (exact) mass is 540 g/mol. The van der Waals surface area contributed by atoms with Gasteiger partial charge in [-0.05, 0) is 35.4 Å². The first-order valence-electron chi connectivity index (χ1n) is 13.7. The second-order valence-electron chi connectivity index (χ2n) is 10.0. The molecule has 1 aliphatic rings. The Kier molecular flexibility index (Phi) is 9.58. The van der Waals surface area contributed by atoms with Crippen molar-refractivity contribution in [1.29, 1.82) is 0 Å². The van der Waals surface area contributed by atoms with Crippen LogP contribution in [-0.2, 0) is 24.4 Å². The number of benzene rings is 3. The molecule has 0 saturated carbocycles. The van der Waals surface area contributed by atoms with Crippen LogP contribution in [0.25, 0.3) is 0 Å². The summed E-state index contributed by atoms with van der Waals surface area (Å²) in [7, 11) is 1.78. The number of oxazole rings is 1. The average Bonchev–Trinajstić information content (AvgIpc) is 3.46. The lowest BCUT2D eigenvalue weighted by Crippen LogP contribution is -2.41. The molecular formula is C32H36N4O4. The molecule has 0 radical (unpaired) electrons. The molecule has 0 unspecified atom stereocenters. The van der Waals surface area contributed by atoms with Crippen LogP contribution in [0.1, 0.15) is 27.5 Å². The zero-order valence-corrected chi connectivity index (χ0v) is 22.9. The Morgan fingerprint density at radius 3 is 2.35 bits per heavy atom. The second-order valence-corrected chi connectivity index (χ2v) is 10.0. The molecule has 0 N–H and O–H groups in total. The zero-order valence-electron chi connectivity index (χ0n) is 22.9. The summed E-state index contributed by atoms with van der Waals surface area (Å²) in [5, 5.41) is 0. The van der Waals surface area contributed by atoms with Gasteiger partial charge in [0.05, 0.1) is 19.8 Å². The van der Waals surface area contributed by atoms with Gasteiger partial charge >= 0.3 is 0 Å². The first-order valence-corrected chi connectivity index (χ1v) is 13.7. The highest BCUT2D eigenvalue weighted by Crippen LogP contribution is 2.23. The lowest BCUT2D eigenvalue weighted by molar-refractivity contribution is 0.0320. The van der Waals surface area contributed by atoms with Crippen molar-refractivity contribution in [2.24, 2.45) is 0 Å². The summed E-state index contributed by atoms with van der Waals surface area (Å²) in [5.74, 6) is 1.96. The van der Waals surface area contributed by atoms with Crippen LogP contribution in [0.5, 0.6) is 11.5 Å². The summed E-state index contributed by atoms with van der Waals surface area (Å²) in [5.41, 5.74) is 2.51. The van der Waals surface area contributed by atoms with Gasteiger partial charge < -0.3 is 18.8 Å². The van der Waals surface area contributed by atoms with Crippen molar-refractivity contribution in [3.63, 3.8) is 0 Å². The molecule has 4 aromatic rings. The molecule has 0 bridgehead atoms. The summed E-state index contributed by atoms with van der Waals surface area (Å²) in [6.07, 6.45) is 1.47. The molecule has 8 nitrogen and oxygen atoms in total. The number of amides is 1. The molecule has 40 heavy (non-hydrogen) atoms. The number of carbonyl (C=O) groups is 1. The van der Waals surface area contributed by atoms with E-state index in [1.165, 1.54) is 6.26 Å². The van der Waals surface area contributed by atoms with Gasteiger partial charge in [0, 0.05) is 46.3 Å². The van der Waals surface area contributed by atoms with Gasteiger partial charge in [0.25, 0.3) is 5.91 Å². The van der Waals surface area contributed by atoms with E-state index in [1.807, 2.05) is 72.8 Å². The van der Waals surface area contributed by atoms with Crippen molar-refractivity contribution < 1.29 is 18.7 Å². The van der Waals surface area contributed by atoms with E-state index in [0.717, 1.165) is 62.0 Å². The van der Waals surface area contributed by atoms with Crippen molar-refractivity contribution in [1.82, 2.24) is 19.7 Å². The van der Waals surface area contributed by atoms with Crippen molar-refractivity contribution in [2.75, 3.05) is 46.4 Å². The predicted octanol–water partition coefficient (Wildman–Crippen LogP) is 5.07. The third-order valence-electron chi connectivity index (χ3n) is 6.86. The predicted molar refractivity (Wildman–Crippen MR) is 153 cm³/mol. The standard InChI is InChI=1S/C32H36N4O4/c1-34(22-26-9-4-2-5-10-26)32(37)30-25-39-31(33-30)24-36(16-15-35-17-19-38-20-18-35)23-27-11-8-14-29(21-27)40-28-12-6-3-7-13-28/h2-14,21,25H,15-20,22-24H2,1H3. The molecule has 0 spiro atoms. The van der Waals surface area contributed by atoms with Crippen LogP contribution >= 0.6 is 0 Å². The summed E-state index contributed by atoms with van der Waals surface area (Å²) in [4.78, 5) is 23.9. The third-order valence-corrected chi connectivity index (χ3v) is 6.86. The number of para-hydroxylation sites is 1. The third kappa shape index (κ3) is 8.02. The second kappa shape index (κ2) is 13.9. The minimum atomic E-state index is -0.163. The number of hydrogen-bond acceptors (Lipinski definition) is 7. The maximum Gasteiger partial charge on any atom is 0.275 e. The number of ether oxygens (including phenoxy) is 2. The van der Waals surface area contributed by atoms with Gasteiger partial charge in [-0.25, -0.2) is 4.98 Å². The Morgan fingerprint density at radius 1 is 0.875 bits per heavy atom. The van der Waals surface area contributed by atoms with Crippen LogP contribution in [0.4, 0.5) is 0 Å². The minimum absolute atomic E-state index is 0.163. The highest BCUT2D eigenvalue weighted by molar-refractivity contribution is 5.91. The first-order chi connectivity index (χ1) is 19.6. The number of carbonyl (C=O) groups excluding carboxylic acids is 1. The number of aromatic nitrogens is 1. The molecule has 5 rings (SSSR count). The number of nitrogens with zero attached hydrogens (tertiary/aromatic N) is 4. The average molecular weight is 541 g/mol. The Morgan fingerprint density at radius 2 is 1.57 bits per heavy atom. The fourth-order valence-corrected chi connectivity index (χ4v) is 4.71. The summed E-state index contributed by atoms with van der Waals surface area (Å²) < 4.78 is 17.4. The number of hydrogen-bond donors (Lipinski definition) is 0. The molecule has 0 aliphatic carbocycles. The van der Waals surface area contributed by atoms with E-state index in [2.05, 4.69) is 26.9 Å². The van der Waals surface area contributed by atoms with Crippen LogP contribution in [0.15, 0.2) is 95.6 Å². The van der Waals surface area contributed by atoms with Crippen LogP contribution in [0.3, 0.4) is 0 Å². The van der Waals surface area contributed by atoms with Gasteiger partial charge in [-0.3, -0.25) is 14.6 Å². The van der Waals surface area contributed by atoms with Crippen LogP contribution in [0.2, 0.25) is 0 Å². The molecule has 1 saturated heterocycles. The lowest BCUT2D eigenvalue weighted by atomic mass is 10.2. The van der Waals surface area contributed by atoms with E-state index < -0.39 is 0 Å². The van der Waals surface area contributed by atoms with Crippen molar-refractivity contribution in [2.45, 2.75) is 19.6 Å². The molecule has 2 heterocycles. The highest BCUT2D eigenvalue weighted by Gasteiger charge is 2.20. The molecule has 1 fully saturated rings. The number of morpholine rings is 1. The Balaban J connectivity index is 1.25. The smallest absolute Gasteiger partial charge is 0.275 e. The molecule has 1 amide bonds. The zero-order chi connectivity index (χ0) is 27.6. The number of rotatable bonds is 12. The van der Waals surface area contributed by atoms with Gasteiger partial charge in [-0.2, -0.15) is 0 Å². The van der Waals surface area contributed by atoms with Gasteiger partial charge in [-0.15, -0.1) is 0 Å². The van der Waals surface area contributed by atoms with Gasteiger partial charge in [-0.1, -0.05) is 60.7 Å². The normalized spacial score (nSPS) is 13.8. The van der Waals surface area contributed by atoms with Crippen LogP contribution < -0.4 is 4.74 Å². The van der Waals surface area contributed by atoms with Gasteiger partial charge in [0.2, 0.25) is 5.89 Å². The Bertz CT molecular complexity index is 1340. The summed E-state index contributed by atoms with van der Waals surface area (Å²) in [6.45, 7) is 6.81. The fourth-order valence-electron chi connectivity index (χ4n) is 4.71. The van der Waals surface area contributed by atoms with E-state index in [9.17, 15) is 4.79 Å². The van der Waals surface area contributed by atoms with Crippen LogP contribution in [-0.4, -0.2) is 72.0 Å². The molecular weight excluding hydrogens is 504 g/mol. The SMILES string of the molecule is CN(Cc1ccccc1)C(=O)c1coc(CN(CCN2CCOCC2)Cc2cccc(Oc3ccccc3)c2)n1. The Hall–Kier alpha value is -3.98. The summed E-state index contributed by atoms with van der Waals surface area (Å²) >= 11 is 0. The molecule has 208 valence electrons. The fraction of sp³-hybridized carbons (Fsp3) is 0.312. The van der Waals surface area contributed by atoms with Crippen molar-refractivity contribution in [3.8, 4) is 11.5 Å². The maximum absolute atomic E-state index is 13.0. The van der Waals surface area contributed by atoms with E-state index in [-0.39, 0.29) is 5.91 Å². The van der Waals surface area contributed by atoms with Gasteiger partial charge in [0.1, 0.15) is 17.8 Å². The summed E-state index contributed by atoms with van der Waals surface area (Å²) in [6, 6.07) is 27.8. The molecule has 0 atom stereocenters. The van der Waals surface area contributed by atoms with Gasteiger partial charge in [0.15, 0.2) is 5.69 Å².